The first-order valence-corrected chi connectivity index (χ1v) is 5.26. The van der Waals surface area contributed by atoms with Crippen LogP contribution in [-0.2, 0) is 9.53 Å². The first-order valence-electron chi connectivity index (χ1n) is 5.26. The van der Waals surface area contributed by atoms with E-state index in [1.165, 1.54) is 0 Å². The van der Waals surface area contributed by atoms with Crippen LogP contribution in [0.2, 0.25) is 0 Å². The van der Waals surface area contributed by atoms with Gasteiger partial charge in [0.15, 0.2) is 0 Å². The van der Waals surface area contributed by atoms with Gasteiger partial charge < -0.3 is 14.4 Å². The van der Waals surface area contributed by atoms with Crippen LogP contribution in [0.25, 0.3) is 0 Å². The van der Waals surface area contributed by atoms with Crippen molar-refractivity contribution in [3.05, 3.63) is 0 Å². The van der Waals surface area contributed by atoms with Crippen molar-refractivity contribution in [2.75, 3.05) is 13.1 Å². The molecule has 1 aliphatic rings. The minimum Gasteiger partial charge on any atom is -0.444 e. The van der Waals surface area contributed by atoms with E-state index in [1.54, 1.807) is 4.90 Å². The van der Waals surface area contributed by atoms with Gasteiger partial charge in [-0.1, -0.05) is 13.8 Å². The Morgan fingerprint density at radius 1 is 1.20 bits per heavy atom. The molecular weight excluding hydrogens is 194 g/mol. The van der Waals surface area contributed by atoms with Crippen molar-refractivity contribution in [3.8, 4) is 0 Å². The number of likely N-dealkylation sites (tertiary alicyclic amines) is 1. The number of amides is 1. The highest BCUT2D eigenvalue weighted by Gasteiger charge is 2.25. The Kier molecular flexibility index (Phi) is 9.02. The number of carbonyl (C=O) groups is 2. The fourth-order valence-electron chi connectivity index (χ4n) is 0.825. The highest BCUT2D eigenvalue weighted by molar-refractivity contribution is 5.68. The molecule has 1 fully saturated rings. The summed E-state index contributed by atoms with van der Waals surface area (Å²) in [6, 6.07) is 0. The van der Waals surface area contributed by atoms with Gasteiger partial charge in [-0.3, -0.25) is 0 Å². The minimum absolute atomic E-state index is 0.177. The normalized spacial score (nSPS) is 13.5. The zero-order valence-electron chi connectivity index (χ0n) is 10.5. The average molecular weight is 217 g/mol. The second-order valence-corrected chi connectivity index (χ2v) is 3.82. The summed E-state index contributed by atoms with van der Waals surface area (Å²) in [6.45, 7) is 13.4. The third kappa shape index (κ3) is 7.97. The van der Waals surface area contributed by atoms with Crippen LogP contribution in [0.5, 0.6) is 0 Å². The average Bonchev–Trinajstić information content (AvgIpc) is 2.05. The first-order chi connectivity index (χ1) is 6.99. The lowest BCUT2D eigenvalue weighted by Gasteiger charge is -2.32. The summed E-state index contributed by atoms with van der Waals surface area (Å²) in [5.74, 6) is 0. The molecule has 90 valence electrons. The van der Waals surface area contributed by atoms with Crippen LogP contribution in [0, 0.1) is 0 Å². The third-order valence-corrected chi connectivity index (χ3v) is 1.51. The highest BCUT2D eigenvalue weighted by Crippen LogP contribution is 2.13. The molecule has 0 N–H and O–H groups in total. The van der Waals surface area contributed by atoms with Crippen molar-refractivity contribution in [3.63, 3.8) is 0 Å². The molecule has 0 spiro atoms. The van der Waals surface area contributed by atoms with Crippen molar-refractivity contribution in [1.82, 2.24) is 4.90 Å². The second-order valence-electron chi connectivity index (χ2n) is 3.82. The van der Waals surface area contributed by atoms with Crippen molar-refractivity contribution < 1.29 is 14.3 Å². The van der Waals surface area contributed by atoms with Crippen LogP contribution in [-0.4, -0.2) is 36.5 Å². The van der Waals surface area contributed by atoms with E-state index in [2.05, 4.69) is 0 Å². The van der Waals surface area contributed by atoms with Gasteiger partial charge in [0.05, 0.1) is 0 Å². The summed E-state index contributed by atoms with van der Waals surface area (Å²) in [5, 5.41) is 0. The molecule has 1 heterocycles. The Morgan fingerprint density at radius 2 is 1.60 bits per heavy atom. The van der Waals surface area contributed by atoms with Gasteiger partial charge in [-0.15, -0.1) is 0 Å². The molecule has 0 aromatic heterocycles. The fraction of sp³-hybridized carbons (Fsp3) is 0.818. The Balaban J connectivity index is 0. The highest BCUT2D eigenvalue weighted by atomic mass is 16.6. The van der Waals surface area contributed by atoms with E-state index in [0.717, 1.165) is 19.5 Å². The van der Waals surface area contributed by atoms with Gasteiger partial charge in [0.2, 0.25) is 0 Å². The van der Waals surface area contributed by atoms with Gasteiger partial charge in [-0.2, -0.15) is 0 Å². The molecule has 15 heavy (non-hydrogen) atoms. The molecule has 1 amide bonds. The molecule has 1 aliphatic heterocycles. The van der Waals surface area contributed by atoms with Crippen molar-refractivity contribution in [2.45, 2.75) is 46.6 Å². The summed E-state index contributed by atoms with van der Waals surface area (Å²) in [6.07, 6.45) is 0.933. The molecule has 1 saturated heterocycles. The van der Waals surface area contributed by atoms with Gasteiger partial charge >= 0.3 is 6.09 Å². The zero-order chi connectivity index (χ0) is 12.5. The summed E-state index contributed by atoms with van der Waals surface area (Å²) in [4.78, 5) is 20.9. The molecule has 0 radical (unpaired) electrons. The van der Waals surface area contributed by atoms with E-state index < -0.39 is 0 Å². The van der Waals surface area contributed by atoms with Crippen LogP contribution in [0.1, 0.15) is 41.0 Å². The lowest BCUT2D eigenvalue weighted by atomic mass is 10.2. The molecule has 0 unspecified atom stereocenters. The number of carbonyl (C=O) groups excluding carboxylic acids is 2. The summed E-state index contributed by atoms with van der Waals surface area (Å²) in [5.41, 5.74) is -0.354. The van der Waals surface area contributed by atoms with Gasteiger partial charge in [0.1, 0.15) is 12.4 Å². The first kappa shape index (κ1) is 16.4. The zero-order valence-corrected chi connectivity index (χ0v) is 10.5. The molecule has 0 saturated carbocycles. The molecule has 0 aliphatic carbocycles. The number of rotatable bonds is 0. The number of hydrogen-bond donors (Lipinski definition) is 0. The molecule has 0 aromatic rings. The molecule has 0 bridgehead atoms. The maximum atomic E-state index is 11.1. The summed E-state index contributed by atoms with van der Waals surface area (Å²) >= 11 is 0. The van der Waals surface area contributed by atoms with Gasteiger partial charge in [-0.05, 0) is 27.2 Å². The number of hydrogen-bond acceptors (Lipinski definition) is 3. The number of nitrogens with zero attached hydrogens (tertiary/aromatic N) is 1. The van der Waals surface area contributed by atoms with E-state index in [1.807, 2.05) is 41.4 Å². The lowest BCUT2D eigenvalue weighted by molar-refractivity contribution is -0.0980. The quantitative estimate of drug-likeness (QED) is 0.626. The van der Waals surface area contributed by atoms with Gasteiger partial charge in [0.25, 0.3) is 0 Å². The largest absolute Gasteiger partial charge is 0.444 e. The van der Waals surface area contributed by atoms with Crippen LogP contribution in [0.4, 0.5) is 4.79 Å². The molecular formula is C11H23NO3. The van der Waals surface area contributed by atoms with Crippen LogP contribution >= 0.6 is 0 Å². The standard InChI is InChI=1S/C8H15NO2.C2H6.CH2O/c1-8(2,3)11-7(10)9-5-4-6-9;2*1-2/h4-6H2,1-3H3;1-2H3;1H2. The van der Waals surface area contributed by atoms with E-state index in [4.69, 9.17) is 9.53 Å². The Morgan fingerprint density at radius 3 is 1.80 bits per heavy atom. The van der Waals surface area contributed by atoms with E-state index in [-0.39, 0.29) is 11.7 Å². The van der Waals surface area contributed by atoms with Crippen LogP contribution in [0.15, 0.2) is 0 Å². The molecule has 1 rings (SSSR count). The predicted octanol–water partition coefficient (Wildman–Crippen LogP) is 2.47. The fourth-order valence-corrected chi connectivity index (χ4v) is 0.825. The molecule has 4 heteroatoms. The Bertz CT molecular complexity index is 171. The SMILES string of the molecule is C=O.CC.CC(C)(C)OC(=O)N1CCC1. The van der Waals surface area contributed by atoms with Crippen LogP contribution in [0.3, 0.4) is 0 Å². The third-order valence-electron chi connectivity index (χ3n) is 1.51. The van der Waals surface area contributed by atoms with Crippen molar-refractivity contribution in [1.29, 1.82) is 0 Å². The molecule has 0 atom stereocenters. The molecule has 4 nitrogen and oxygen atoms in total. The monoisotopic (exact) mass is 217 g/mol. The maximum absolute atomic E-state index is 11.1. The second kappa shape index (κ2) is 8.26. The van der Waals surface area contributed by atoms with Gasteiger partial charge in [-0.25, -0.2) is 4.79 Å². The van der Waals surface area contributed by atoms with Gasteiger partial charge in [0, 0.05) is 13.1 Å². The Labute approximate surface area is 92.6 Å². The van der Waals surface area contributed by atoms with E-state index in [9.17, 15) is 4.79 Å². The van der Waals surface area contributed by atoms with E-state index >= 15 is 0 Å². The topological polar surface area (TPSA) is 46.6 Å². The summed E-state index contributed by atoms with van der Waals surface area (Å²) < 4.78 is 5.13. The van der Waals surface area contributed by atoms with Crippen molar-refractivity contribution >= 4 is 12.9 Å². The van der Waals surface area contributed by atoms with Crippen molar-refractivity contribution in [2.24, 2.45) is 0 Å². The predicted molar refractivity (Wildman–Crippen MR) is 60.9 cm³/mol. The minimum atomic E-state index is -0.354. The van der Waals surface area contributed by atoms with Crippen LogP contribution < -0.4 is 0 Å². The number of ether oxygens (including phenoxy) is 1. The maximum Gasteiger partial charge on any atom is 0.410 e. The lowest BCUT2D eigenvalue weighted by Crippen LogP contribution is -2.44. The van der Waals surface area contributed by atoms with E-state index in [0.29, 0.717) is 0 Å². The Hall–Kier alpha value is -1.06. The molecule has 0 aromatic carbocycles. The smallest absolute Gasteiger partial charge is 0.410 e. The summed E-state index contributed by atoms with van der Waals surface area (Å²) in [7, 11) is 0.